The lowest BCUT2D eigenvalue weighted by Gasteiger charge is -2.43. The van der Waals surface area contributed by atoms with Crippen molar-refractivity contribution in [1.29, 1.82) is 0 Å². The molecule has 4 nitrogen and oxygen atoms in total. The van der Waals surface area contributed by atoms with Gasteiger partial charge in [0.05, 0.1) is 23.8 Å². The summed E-state index contributed by atoms with van der Waals surface area (Å²) in [6, 6.07) is 2.46. The van der Waals surface area contributed by atoms with E-state index in [2.05, 4.69) is 42.9 Å². The number of aromatic nitrogens is 1. The molecule has 1 aliphatic heterocycles. The molecule has 0 aliphatic carbocycles. The topological polar surface area (TPSA) is 37.4 Å². The van der Waals surface area contributed by atoms with Gasteiger partial charge in [-0.1, -0.05) is 25.4 Å². The monoisotopic (exact) mass is 297 g/mol. The zero-order valence-electron chi connectivity index (χ0n) is 12.7. The van der Waals surface area contributed by atoms with E-state index < -0.39 is 0 Å². The van der Waals surface area contributed by atoms with Gasteiger partial charge in [-0.25, -0.2) is 4.98 Å². The van der Waals surface area contributed by atoms with E-state index in [9.17, 15) is 0 Å². The molecule has 1 aromatic rings. The van der Waals surface area contributed by atoms with Crippen LogP contribution in [0.15, 0.2) is 12.3 Å². The van der Waals surface area contributed by atoms with Crippen molar-refractivity contribution >= 4 is 17.4 Å². The molecule has 0 unspecified atom stereocenters. The van der Waals surface area contributed by atoms with Crippen LogP contribution >= 0.6 is 11.6 Å². The Balaban J connectivity index is 2.16. The van der Waals surface area contributed by atoms with E-state index in [1.165, 1.54) is 0 Å². The lowest BCUT2D eigenvalue weighted by molar-refractivity contribution is 0.0639. The van der Waals surface area contributed by atoms with Gasteiger partial charge in [-0.3, -0.25) is 0 Å². The van der Waals surface area contributed by atoms with Crippen LogP contribution in [-0.4, -0.2) is 36.3 Å². The number of morpholine rings is 1. The lowest BCUT2D eigenvalue weighted by Crippen LogP contribution is -2.53. The van der Waals surface area contributed by atoms with Crippen LogP contribution < -0.4 is 10.2 Å². The van der Waals surface area contributed by atoms with Crippen LogP contribution in [0.5, 0.6) is 0 Å². The summed E-state index contributed by atoms with van der Waals surface area (Å²) in [5.41, 5.74) is 1.03. The second kappa shape index (κ2) is 6.29. The predicted molar refractivity (Wildman–Crippen MR) is 83.5 cm³/mol. The molecule has 2 rings (SSSR count). The average molecular weight is 298 g/mol. The van der Waals surface area contributed by atoms with E-state index in [-0.39, 0.29) is 5.54 Å². The lowest BCUT2D eigenvalue weighted by atomic mass is 10.0. The van der Waals surface area contributed by atoms with Crippen LogP contribution in [0.25, 0.3) is 0 Å². The van der Waals surface area contributed by atoms with Crippen molar-refractivity contribution in [2.75, 3.05) is 24.7 Å². The largest absolute Gasteiger partial charge is 0.377 e. The summed E-state index contributed by atoms with van der Waals surface area (Å²) in [5, 5.41) is 4.08. The summed E-state index contributed by atoms with van der Waals surface area (Å²) in [7, 11) is 0. The van der Waals surface area contributed by atoms with Crippen molar-refractivity contribution in [3.63, 3.8) is 0 Å². The van der Waals surface area contributed by atoms with Gasteiger partial charge in [-0.2, -0.15) is 0 Å². The molecule has 0 bridgehead atoms. The second-order valence-electron chi connectivity index (χ2n) is 6.20. The van der Waals surface area contributed by atoms with E-state index in [0.29, 0.717) is 17.7 Å². The van der Waals surface area contributed by atoms with Gasteiger partial charge in [0.15, 0.2) is 0 Å². The molecule has 0 atom stereocenters. The Bertz CT molecular complexity index is 462. The van der Waals surface area contributed by atoms with Crippen LogP contribution in [0.4, 0.5) is 5.82 Å². The molecule has 1 saturated heterocycles. The number of nitrogens with one attached hydrogen (secondary N) is 1. The Morgan fingerprint density at radius 2 is 2.25 bits per heavy atom. The average Bonchev–Trinajstić information content (AvgIpc) is 2.37. The first-order valence-electron chi connectivity index (χ1n) is 7.13. The van der Waals surface area contributed by atoms with Crippen molar-refractivity contribution in [3.8, 4) is 0 Å². The zero-order chi connectivity index (χ0) is 14.8. The molecule has 0 radical (unpaired) electrons. The first-order valence-corrected chi connectivity index (χ1v) is 7.51. The fraction of sp³-hybridized carbons (Fsp3) is 0.667. The highest BCUT2D eigenvalue weighted by Gasteiger charge is 2.32. The molecule has 1 N–H and O–H groups in total. The maximum absolute atomic E-state index is 6.43. The highest BCUT2D eigenvalue weighted by atomic mass is 35.5. The summed E-state index contributed by atoms with van der Waals surface area (Å²) in [6.45, 7) is 11.6. The van der Waals surface area contributed by atoms with E-state index >= 15 is 0 Å². The Kier molecular flexibility index (Phi) is 4.89. The number of hydrogen-bond donors (Lipinski definition) is 1. The number of pyridine rings is 1. The van der Waals surface area contributed by atoms with Gasteiger partial charge in [0.25, 0.3) is 0 Å². The molecular weight excluding hydrogens is 274 g/mol. The van der Waals surface area contributed by atoms with Gasteiger partial charge in [-0.15, -0.1) is 0 Å². The van der Waals surface area contributed by atoms with E-state index in [4.69, 9.17) is 16.3 Å². The molecule has 1 aliphatic rings. The minimum absolute atomic E-state index is 0.0768. The number of halogens is 1. The molecule has 5 heteroatoms. The van der Waals surface area contributed by atoms with Crippen LogP contribution in [0.3, 0.4) is 0 Å². The van der Waals surface area contributed by atoms with Gasteiger partial charge in [-0.05, 0) is 25.5 Å². The molecule has 112 valence electrons. The highest BCUT2D eigenvalue weighted by molar-refractivity contribution is 6.33. The third kappa shape index (κ3) is 3.62. The summed E-state index contributed by atoms with van der Waals surface area (Å²) >= 11 is 6.43. The molecule has 1 aromatic heterocycles. The number of anilines is 1. The fourth-order valence-corrected chi connectivity index (χ4v) is 2.63. The maximum Gasteiger partial charge on any atom is 0.147 e. The predicted octanol–water partition coefficient (Wildman–Crippen LogP) is 2.85. The molecule has 1 fully saturated rings. The molecule has 0 amide bonds. The Hall–Kier alpha value is -0.840. The van der Waals surface area contributed by atoms with Crippen molar-refractivity contribution in [2.24, 2.45) is 0 Å². The second-order valence-corrected chi connectivity index (χ2v) is 6.61. The maximum atomic E-state index is 6.43. The number of ether oxygens (including phenoxy) is 1. The third-order valence-corrected chi connectivity index (χ3v) is 3.77. The first kappa shape index (κ1) is 15.5. The van der Waals surface area contributed by atoms with Crippen molar-refractivity contribution in [3.05, 3.63) is 22.8 Å². The fourth-order valence-electron chi connectivity index (χ4n) is 2.34. The van der Waals surface area contributed by atoms with Gasteiger partial charge in [0.2, 0.25) is 0 Å². The van der Waals surface area contributed by atoms with Gasteiger partial charge >= 0.3 is 0 Å². The summed E-state index contributed by atoms with van der Waals surface area (Å²) in [6.07, 6.45) is 1.90. The molecule has 2 heterocycles. The SMILES string of the molecule is CC(C)NCc1cnc(N2CCOCC2(C)C)c(Cl)c1. The zero-order valence-corrected chi connectivity index (χ0v) is 13.5. The quantitative estimate of drug-likeness (QED) is 0.927. The number of hydrogen-bond acceptors (Lipinski definition) is 4. The van der Waals surface area contributed by atoms with Crippen LogP contribution in [0.1, 0.15) is 33.3 Å². The first-order chi connectivity index (χ1) is 9.40. The molecule has 20 heavy (non-hydrogen) atoms. The summed E-state index contributed by atoms with van der Waals surface area (Å²) in [4.78, 5) is 6.81. The van der Waals surface area contributed by atoms with Crippen molar-refractivity contribution in [2.45, 2.75) is 45.8 Å². The van der Waals surface area contributed by atoms with E-state index in [0.717, 1.165) is 31.1 Å². The van der Waals surface area contributed by atoms with Gasteiger partial charge in [0.1, 0.15) is 5.82 Å². The standard InChI is InChI=1S/C15H24ClN3O/c1-11(2)17-8-12-7-13(16)14(18-9-12)19-5-6-20-10-15(19,3)4/h7,9,11,17H,5-6,8,10H2,1-4H3. The van der Waals surface area contributed by atoms with Crippen LogP contribution in [0, 0.1) is 0 Å². The number of nitrogens with zero attached hydrogens (tertiary/aromatic N) is 2. The van der Waals surface area contributed by atoms with Gasteiger partial charge in [0, 0.05) is 25.3 Å². The Labute approximate surface area is 126 Å². The third-order valence-electron chi connectivity index (χ3n) is 3.49. The minimum atomic E-state index is -0.0768. The van der Waals surface area contributed by atoms with Crippen molar-refractivity contribution < 1.29 is 4.74 Å². The molecular formula is C15H24ClN3O. The summed E-state index contributed by atoms with van der Waals surface area (Å²) in [5.74, 6) is 0.855. The minimum Gasteiger partial charge on any atom is -0.377 e. The molecule has 0 aromatic carbocycles. The number of rotatable bonds is 4. The van der Waals surface area contributed by atoms with Crippen LogP contribution in [-0.2, 0) is 11.3 Å². The smallest absolute Gasteiger partial charge is 0.147 e. The molecule has 0 saturated carbocycles. The van der Waals surface area contributed by atoms with E-state index in [1.807, 2.05) is 12.3 Å². The van der Waals surface area contributed by atoms with E-state index in [1.54, 1.807) is 0 Å². The Morgan fingerprint density at radius 1 is 1.50 bits per heavy atom. The van der Waals surface area contributed by atoms with Gasteiger partial charge < -0.3 is 15.0 Å². The highest BCUT2D eigenvalue weighted by Crippen LogP contribution is 2.31. The summed E-state index contributed by atoms with van der Waals surface area (Å²) < 4.78 is 5.54. The molecule has 0 spiro atoms. The van der Waals surface area contributed by atoms with Crippen LogP contribution in [0.2, 0.25) is 5.02 Å². The van der Waals surface area contributed by atoms with Crippen molar-refractivity contribution in [1.82, 2.24) is 10.3 Å². The Morgan fingerprint density at radius 3 is 2.85 bits per heavy atom. The normalized spacial score (nSPS) is 18.6.